The molecule has 0 aromatic carbocycles. The van der Waals surface area contributed by atoms with Gasteiger partial charge in [0.1, 0.15) is 12.2 Å². The molecule has 2 saturated heterocycles. The van der Waals surface area contributed by atoms with Crippen molar-refractivity contribution in [3.63, 3.8) is 0 Å². The molecule has 2 aliphatic heterocycles. The number of rotatable bonds is 9. The van der Waals surface area contributed by atoms with Gasteiger partial charge in [-0.15, -0.1) is 0 Å². The molecule has 33 heavy (non-hydrogen) atoms. The molecule has 5 atom stereocenters. The van der Waals surface area contributed by atoms with Crippen LogP contribution in [0.2, 0.25) is 0 Å². The van der Waals surface area contributed by atoms with Gasteiger partial charge in [0.2, 0.25) is 0 Å². The Balaban J connectivity index is 1.88. The molecule has 0 amide bonds. The summed E-state index contributed by atoms with van der Waals surface area (Å²) in [6.07, 6.45) is 3.19. The van der Waals surface area contributed by atoms with Crippen molar-refractivity contribution in [2.75, 3.05) is 0 Å². The van der Waals surface area contributed by atoms with Crippen LogP contribution in [0.15, 0.2) is 0 Å². The summed E-state index contributed by atoms with van der Waals surface area (Å²) in [4.78, 5) is 25.5. The molecule has 2 aliphatic rings. The van der Waals surface area contributed by atoms with Crippen LogP contribution in [0.1, 0.15) is 94.4 Å². The maximum atomic E-state index is 12.8. The van der Waals surface area contributed by atoms with Crippen molar-refractivity contribution in [3.8, 4) is 0 Å². The highest BCUT2D eigenvalue weighted by Crippen LogP contribution is 2.27. The molecule has 2 heterocycles. The van der Waals surface area contributed by atoms with Crippen LogP contribution in [0.4, 0.5) is 0 Å². The summed E-state index contributed by atoms with van der Waals surface area (Å²) in [6.45, 7) is 19.4. The topological polar surface area (TPSA) is 76.7 Å². The zero-order chi connectivity index (χ0) is 24.9. The number of nitrogens with one attached hydrogen (secondary N) is 2. The van der Waals surface area contributed by atoms with Crippen molar-refractivity contribution >= 4 is 11.9 Å². The second-order valence-corrected chi connectivity index (χ2v) is 12.0. The van der Waals surface area contributed by atoms with Crippen molar-refractivity contribution in [1.29, 1.82) is 0 Å². The van der Waals surface area contributed by atoms with Crippen LogP contribution in [0, 0.1) is 29.6 Å². The highest BCUT2D eigenvalue weighted by atomic mass is 16.6. The molecule has 0 radical (unpaired) electrons. The molecule has 2 fully saturated rings. The number of esters is 2. The van der Waals surface area contributed by atoms with Crippen LogP contribution in [-0.4, -0.2) is 48.3 Å². The maximum absolute atomic E-state index is 12.8. The number of ether oxygens (including phenoxy) is 2. The molecular weight excluding hydrogens is 416 g/mol. The Bertz CT molecular complexity index is 602. The molecule has 192 valence electrons. The van der Waals surface area contributed by atoms with Gasteiger partial charge in [-0.1, -0.05) is 62.3 Å². The quantitative estimate of drug-likeness (QED) is 0.480. The molecule has 0 spiro atoms. The lowest BCUT2D eigenvalue weighted by Gasteiger charge is -2.40. The highest BCUT2D eigenvalue weighted by Gasteiger charge is 2.36. The summed E-state index contributed by atoms with van der Waals surface area (Å²) in [5.74, 6) is 0.859. The first-order valence-corrected chi connectivity index (χ1v) is 13.3. The molecule has 0 saturated carbocycles. The third kappa shape index (κ3) is 8.54. The second kappa shape index (κ2) is 12.5. The van der Waals surface area contributed by atoms with E-state index in [4.69, 9.17) is 9.47 Å². The summed E-state index contributed by atoms with van der Waals surface area (Å²) < 4.78 is 11.8. The molecule has 0 bridgehead atoms. The molecule has 0 aromatic rings. The lowest BCUT2D eigenvalue weighted by molar-refractivity contribution is -0.163. The summed E-state index contributed by atoms with van der Waals surface area (Å²) >= 11 is 0. The Morgan fingerprint density at radius 1 is 0.636 bits per heavy atom. The molecular formula is C27H50N2O4. The zero-order valence-electron chi connectivity index (χ0n) is 22.5. The van der Waals surface area contributed by atoms with E-state index in [2.05, 4.69) is 66.0 Å². The maximum Gasteiger partial charge on any atom is 0.309 e. The Hall–Kier alpha value is -1.14. The predicted molar refractivity (Wildman–Crippen MR) is 133 cm³/mol. The van der Waals surface area contributed by atoms with E-state index in [-0.39, 0.29) is 30.6 Å². The number of hydrogen-bond acceptors (Lipinski definition) is 6. The zero-order valence-corrected chi connectivity index (χ0v) is 22.5. The van der Waals surface area contributed by atoms with Crippen molar-refractivity contribution in [1.82, 2.24) is 10.6 Å². The number of piperidine rings is 2. The first-order valence-electron chi connectivity index (χ1n) is 13.3. The molecule has 2 N–H and O–H groups in total. The SMILES string of the molecule is CC(CC(=O)OC1CC(C(C)C)NC(C(C)C)C1)C(=O)OC1CC(C(C)C)NC(C(C)C)C1. The van der Waals surface area contributed by atoms with E-state index in [9.17, 15) is 9.59 Å². The summed E-state index contributed by atoms with van der Waals surface area (Å²) in [5, 5.41) is 7.43. The molecule has 0 aliphatic carbocycles. The molecule has 6 nitrogen and oxygen atoms in total. The standard InChI is InChI=1S/C27H50N2O4/c1-15(2)22-11-20(12-23(28-22)16(3)4)32-26(30)10-19(9)27(31)33-21-13-24(17(5)6)29-25(14-21)18(7)8/h15-25,28-29H,10-14H2,1-9H3. The number of carbonyl (C=O) groups excluding carboxylic acids is 2. The Morgan fingerprint density at radius 2 is 0.970 bits per heavy atom. The largest absolute Gasteiger partial charge is 0.462 e. The fraction of sp³-hybridized carbons (Fsp3) is 0.926. The predicted octanol–water partition coefficient (Wildman–Crippen LogP) is 4.70. The summed E-state index contributed by atoms with van der Waals surface area (Å²) in [7, 11) is 0. The van der Waals surface area contributed by atoms with Gasteiger partial charge in [0.05, 0.1) is 12.3 Å². The summed E-state index contributed by atoms with van der Waals surface area (Å²) in [6, 6.07) is 1.36. The average molecular weight is 467 g/mol. The van der Waals surface area contributed by atoms with Crippen LogP contribution in [0.3, 0.4) is 0 Å². The van der Waals surface area contributed by atoms with Gasteiger partial charge < -0.3 is 20.1 Å². The molecule has 2 rings (SSSR count). The van der Waals surface area contributed by atoms with E-state index < -0.39 is 5.92 Å². The van der Waals surface area contributed by atoms with Gasteiger partial charge in [0.15, 0.2) is 0 Å². The van der Waals surface area contributed by atoms with Gasteiger partial charge in [-0.3, -0.25) is 9.59 Å². The number of hydrogen-bond donors (Lipinski definition) is 2. The lowest BCUT2D eigenvalue weighted by Crippen LogP contribution is -2.53. The van der Waals surface area contributed by atoms with Gasteiger partial charge in [-0.25, -0.2) is 0 Å². The van der Waals surface area contributed by atoms with Crippen molar-refractivity contribution < 1.29 is 19.1 Å². The van der Waals surface area contributed by atoms with Gasteiger partial charge in [-0.2, -0.15) is 0 Å². The van der Waals surface area contributed by atoms with E-state index in [0.717, 1.165) is 25.7 Å². The number of carbonyl (C=O) groups is 2. The summed E-state index contributed by atoms with van der Waals surface area (Å²) in [5.41, 5.74) is 0. The van der Waals surface area contributed by atoms with Crippen molar-refractivity contribution in [3.05, 3.63) is 0 Å². The third-order valence-electron chi connectivity index (χ3n) is 7.60. The van der Waals surface area contributed by atoms with Crippen LogP contribution >= 0.6 is 0 Å². The Labute approximate surface area is 202 Å². The first-order chi connectivity index (χ1) is 15.4. The van der Waals surface area contributed by atoms with Crippen molar-refractivity contribution in [2.45, 2.75) is 131 Å². The van der Waals surface area contributed by atoms with Crippen LogP contribution < -0.4 is 10.6 Å². The Kier molecular flexibility index (Phi) is 10.7. The second-order valence-electron chi connectivity index (χ2n) is 12.0. The van der Waals surface area contributed by atoms with Crippen molar-refractivity contribution in [2.24, 2.45) is 29.6 Å². The van der Waals surface area contributed by atoms with Gasteiger partial charge >= 0.3 is 11.9 Å². The van der Waals surface area contributed by atoms with E-state index in [0.29, 0.717) is 47.8 Å². The van der Waals surface area contributed by atoms with E-state index in [1.807, 2.05) is 0 Å². The first kappa shape index (κ1) is 28.1. The minimum atomic E-state index is -0.495. The van der Waals surface area contributed by atoms with Crippen LogP contribution in [-0.2, 0) is 19.1 Å². The lowest BCUT2D eigenvalue weighted by atomic mass is 9.85. The fourth-order valence-electron chi connectivity index (χ4n) is 5.05. The van der Waals surface area contributed by atoms with E-state index in [1.165, 1.54) is 0 Å². The minimum Gasteiger partial charge on any atom is -0.462 e. The fourth-order valence-corrected chi connectivity index (χ4v) is 5.05. The van der Waals surface area contributed by atoms with Gasteiger partial charge in [-0.05, 0) is 23.7 Å². The monoisotopic (exact) mass is 466 g/mol. The highest BCUT2D eigenvalue weighted by molar-refractivity contribution is 5.79. The van der Waals surface area contributed by atoms with Crippen LogP contribution in [0.5, 0.6) is 0 Å². The average Bonchev–Trinajstić information content (AvgIpc) is 2.72. The Morgan fingerprint density at radius 3 is 1.30 bits per heavy atom. The van der Waals surface area contributed by atoms with Gasteiger partial charge in [0.25, 0.3) is 0 Å². The molecule has 0 aromatic heterocycles. The normalized spacial score (nSPS) is 31.8. The van der Waals surface area contributed by atoms with Gasteiger partial charge in [0, 0.05) is 49.9 Å². The van der Waals surface area contributed by atoms with E-state index in [1.54, 1.807) is 6.92 Å². The molecule has 5 unspecified atom stereocenters. The molecule has 6 heteroatoms. The third-order valence-corrected chi connectivity index (χ3v) is 7.60. The minimum absolute atomic E-state index is 0.0770. The smallest absolute Gasteiger partial charge is 0.309 e. The van der Waals surface area contributed by atoms with Crippen LogP contribution in [0.25, 0.3) is 0 Å². The van der Waals surface area contributed by atoms with E-state index >= 15 is 0 Å².